The van der Waals surface area contributed by atoms with Crippen LogP contribution < -0.4 is 14.2 Å². The molecule has 2 aromatic carbocycles. The maximum absolute atomic E-state index is 13.1. The number of hydrogen-bond acceptors (Lipinski definition) is 5. The predicted octanol–water partition coefficient (Wildman–Crippen LogP) is 4.23. The fourth-order valence-corrected chi connectivity index (χ4v) is 4.32. The molecule has 30 heavy (non-hydrogen) atoms. The molecule has 2 aliphatic rings. The van der Waals surface area contributed by atoms with Crippen molar-refractivity contribution in [2.75, 3.05) is 13.7 Å². The average molecular weight is 416 g/mol. The van der Waals surface area contributed by atoms with Gasteiger partial charge in [-0.05, 0) is 62.7 Å². The van der Waals surface area contributed by atoms with E-state index in [1.807, 2.05) is 32.0 Å². The van der Waals surface area contributed by atoms with Crippen LogP contribution in [0.4, 0.5) is 4.39 Å². The average Bonchev–Trinajstić information content (AvgIpc) is 2.72. The smallest absolute Gasteiger partial charge is 0.309 e. The second kappa shape index (κ2) is 7.80. The van der Waals surface area contributed by atoms with Gasteiger partial charge in [-0.25, -0.2) is 4.39 Å². The van der Waals surface area contributed by atoms with Gasteiger partial charge in [0.2, 0.25) is 0 Å². The zero-order chi connectivity index (χ0) is 21.5. The maximum atomic E-state index is 13.1. The Balaban J connectivity index is 1.62. The molecule has 1 saturated heterocycles. The van der Waals surface area contributed by atoms with Crippen molar-refractivity contribution >= 4 is 5.97 Å². The van der Waals surface area contributed by atoms with Gasteiger partial charge >= 0.3 is 5.97 Å². The van der Waals surface area contributed by atoms with Crippen LogP contribution in [0.1, 0.15) is 31.9 Å². The Morgan fingerprint density at radius 2 is 1.90 bits per heavy atom. The lowest BCUT2D eigenvalue weighted by Gasteiger charge is -2.50. The third-order valence-electron chi connectivity index (χ3n) is 5.98. The molecule has 0 amide bonds. The van der Waals surface area contributed by atoms with Gasteiger partial charge in [0.05, 0.1) is 19.1 Å². The van der Waals surface area contributed by atoms with Crippen LogP contribution >= 0.6 is 0 Å². The van der Waals surface area contributed by atoms with Gasteiger partial charge in [0.1, 0.15) is 41.4 Å². The van der Waals surface area contributed by atoms with Gasteiger partial charge < -0.3 is 24.1 Å². The van der Waals surface area contributed by atoms with Gasteiger partial charge in [-0.1, -0.05) is 0 Å². The van der Waals surface area contributed by atoms with E-state index in [1.165, 1.54) is 24.3 Å². The van der Waals surface area contributed by atoms with Crippen molar-refractivity contribution in [3.8, 4) is 17.2 Å². The van der Waals surface area contributed by atoms with Crippen LogP contribution in [-0.4, -0.2) is 36.5 Å². The number of fused-ring (bicyclic) bond motifs is 3. The first kappa shape index (κ1) is 20.5. The predicted molar refractivity (Wildman–Crippen MR) is 106 cm³/mol. The summed E-state index contributed by atoms with van der Waals surface area (Å²) in [7, 11) is 1.59. The van der Waals surface area contributed by atoms with Gasteiger partial charge in [0.25, 0.3) is 0 Å². The highest BCUT2D eigenvalue weighted by molar-refractivity contribution is 5.71. The standard InChI is InChI=1S/C23H25FO6/c1-23(2)18-11-17(22(25)26)20(12-28-14-6-4-13(24)5-7-14)29-21(18)16-10-15(27-3)8-9-19(16)30-23/h4-10,17-18,20-21H,11-12H2,1-3H3,(H,25,26)/t17-,18+,20+,21-/m1/s1. The molecule has 160 valence electrons. The summed E-state index contributed by atoms with van der Waals surface area (Å²) in [4.78, 5) is 12.0. The van der Waals surface area contributed by atoms with Gasteiger partial charge in [0.15, 0.2) is 0 Å². The van der Waals surface area contributed by atoms with E-state index in [9.17, 15) is 14.3 Å². The topological polar surface area (TPSA) is 74.2 Å². The Morgan fingerprint density at radius 1 is 1.20 bits per heavy atom. The van der Waals surface area contributed by atoms with E-state index in [1.54, 1.807) is 7.11 Å². The molecular formula is C23H25FO6. The lowest BCUT2D eigenvalue weighted by atomic mass is 9.72. The number of hydrogen-bond donors (Lipinski definition) is 1. The highest BCUT2D eigenvalue weighted by Gasteiger charge is 2.52. The highest BCUT2D eigenvalue weighted by Crippen LogP contribution is 2.52. The van der Waals surface area contributed by atoms with Crippen LogP contribution in [0.25, 0.3) is 0 Å². The number of halogens is 1. The van der Waals surface area contributed by atoms with E-state index in [4.69, 9.17) is 18.9 Å². The quantitative estimate of drug-likeness (QED) is 0.786. The summed E-state index contributed by atoms with van der Waals surface area (Å²) in [5.74, 6) is -0.360. The first-order valence-corrected chi connectivity index (χ1v) is 9.92. The largest absolute Gasteiger partial charge is 0.497 e. The third-order valence-corrected chi connectivity index (χ3v) is 5.98. The lowest BCUT2D eigenvalue weighted by molar-refractivity contribution is -0.192. The number of ether oxygens (including phenoxy) is 4. The van der Waals surface area contributed by atoms with Crippen molar-refractivity contribution in [3.63, 3.8) is 0 Å². The van der Waals surface area contributed by atoms with Gasteiger partial charge in [-0.2, -0.15) is 0 Å². The first-order chi connectivity index (χ1) is 14.3. The summed E-state index contributed by atoms with van der Waals surface area (Å²) in [5.41, 5.74) is 0.247. The highest BCUT2D eigenvalue weighted by atomic mass is 19.1. The Kier molecular flexibility index (Phi) is 5.32. The number of aliphatic carboxylic acids is 1. The van der Waals surface area contributed by atoms with E-state index < -0.39 is 23.6 Å². The molecule has 2 aliphatic heterocycles. The number of carboxylic acids is 1. The zero-order valence-electron chi connectivity index (χ0n) is 17.1. The van der Waals surface area contributed by atoms with E-state index in [-0.39, 0.29) is 24.4 Å². The number of methoxy groups -OCH3 is 1. The summed E-state index contributed by atoms with van der Waals surface area (Å²) in [5, 5.41) is 9.83. The van der Waals surface area contributed by atoms with Crippen LogP contribution in [0.3, 0.4) is 0 Å². The molecule has 0 aliphatic carbocycles. The molecule has 4 rings (SSSR count). The maximum Gasteiger partial charge on any atom is 0.309 e. The van der Waals surface area contributed by atoms with Crippen LogP contribution in [0, 0.1) is 17.7 Å². The second-order valence-electron chi connectivity index (χ2n) is 8.26. The van der Waals surface area contributed by atoms with Crippen molar-refractivity contribution in [2.24, 2.45) is 11.8 Å². The molecule has 0 aromatic heterocycles. The van der Waals surface area contributed by atoms with E-state index in [0.29, 0.717) is 23.7 Å². The van der Waals surface area contributed by atoms with Gasteiger partial charge in [-0.3, -0.25) is 4.79 Å². The summed E-state index contributed by atoms with van der Waals surface area (Å²) in [6, 6.07) is 11.2. The normalized spacial score (nSPS) is 26.7. The minimum absolute atomic E-state index is 0.0480. The molecule has 0 saturated carbocycles. The molecule has 7 heteroatoms. The fraction of sp³-hybridized carbons (Fsp3) is 0.435. The zero-order valence-corrected chi connectivity index (χ0v) is 17.1. The molecule has 2 heterocycles. The molecule has 1 N–H and O–H groups in total. The monoisotopic (exact) mass is 416 g/mol. The third kappa shape index (κ3) is 3.81. The summed E-state index contributed by atoms with van der Waals surface area (Å²) < 4.78 is 36.8. The van der Waals surface area contributed by atoms with Crippen LogP contribution in [-0.2, 0) is 9.53 Å². The molecule has 1 fully saturated rings. The summed E-state index contributed by atoms with van der Waals surface area (Å²) in [6.07, 6.45) is -0.626. The molecule has 6 nitrogen and oxygen atoms in total. The SMILES string of the molecule is COc1ccc2c(c1)[C@H]1O[C@@H](COc3ccc(F)cc3)[C@H](C(=O)O)C[C@@H]1C(C)(C)O2. The minimum Gasteiger partial charge on any atom is -0.497 e. The van der Waals surface area contributed by atoms with Crippen molar-refractivity contribution in [3.05, 3.63) is 53.8 Å². The van der Waals surface area contributed by atoms with E-state index in [2.05, 4.69) is 0 Å². The second-order valence-corrected chi connectivity index (χ2v) is 8.26. The van der Waals surface area contributed by atoms with Crippen LogP contribution in [0.2, 0.25) is 0 Å². The molecular weight excluding hydrogens is 391 g/mol. The number of carboxylic acid groups (broad SMARTS) is 1. The molecule has 4 atom stereocenters. The Bertz CT molecular complexity index is 926. The Labute approximate surface area is 174 Å². The van der Waals surface area contributed by atoms with Crippen molar-refractivity contribution < 1.29 is 33.2 Å². The minimum atomic E-state index is -0.937. The fourth-order valence-electron chi connectivity index (χ4n) is 4.32. The number of benzene rings is 2. The van der Waals surface area contributed by atoms with Crippen LogP contribution in [0.15, 0.2) is 42.5 Å². The molecule has 2 aromatic rings. The molecule has 0 radical (unpaired) electrons. The van der Waals surface area contributed by atoms with Gasteiger partial charge in [0, 0.05) is 11.5 Å². The molecule has 0 unspecified atom stereocenters. The summed E-state index contributed by atoms with van der Waals surface area (Å²) in [6.45, 7) is 3.96. The first-order valence-electron chi connectivity index (χ1n) is 9.92. The van der Waals surface area contributed by atoms with E-state index >= 15 is 0 Å². The van der Waals surface area contributed by atoms with Crippen molar-refractivity contribution in [1.82, 2.24) is 0 Å². The lowest BCUT2D eigenvalue weighted by Crippen LogP contribution is -2.53. The van der Waals surface area contributed by atoms with Gasteiger partial charge in [-0.15, -0.1) is 0 Å². The Hall–Kier alpha value is -2.80. The van der Waals surface area contributed by atoms with E-state index in [0.717, 1.165) is 5.56 Å². The Morgan fingerprint density at radius 3 is 2.57 bits per heavy atom. The number of carbonyl (C=O) groups is 1. The van der Waals surface area contributed by atoms with Crippen molar-refractivity contribution in [2.45, 2.75) is 38.1 Å². The van der Waals surface area contributed by atoms with Crippen molar-refractivity contribution in [1.29, 1.82) is 0 Å². The summed E-state index contributed by atoms with van der Waals surface area (Å²) >= 11 is 0. The number of rotatable bonds is 5. The molecule has 0 spiro atoms. The molecule has 0 bridgehead atoms. The van der Waals surface area contributed by atoms with Crippen LogP contribution in [0.5, 0.6) is 17.2 Å².